The SMILES string of the molecule is C=CC[NH+](CC=C)CCOc1cccc(OC)c1. The van der Waals surface area contributed by atoms with Crippen molar-refractivity contribution in [2.45, 2.75) is 0 Å². The molecule has 0 aliphatic rings. The van der Waals surface area contributed by atoms with E-state index in [9.17, 15) is 0 Å². The van der Waals surface area contributed by atoms with Gasteiger partial charge in [0.15, 0.2) is 0 Å². The highest BCUT2D eigenvalue weighted by atomic mass is 16.5. The van der Waals surface area contributed by atoms with Gasteiger partial charge in [-0.3, -0.25) is 0 Å². The Hall–Kier alpha value is -1.74. The van der Waals surface area contributed by atoms with Gasteiger partial charge in [-0.05, 0) is 24.3 Å². The maximum Gasteiger partial charge on any atom is 0.137 e. The molecule has 1 N–H and O–H groups in total. The van der Waals surface area contributed by atoms with Gasteiger partial charge in [-0.2, -0.15) is 0 Å². The molecule has 0 aliphatic carbocycles. The summed E-state index contributed by atoms with van der Waals surface area (Å²) in [7, 11) is 1.65. The van der Waals surface area contributed by atoms with Gasteiger partial charge in [0.05, 0.1) is 20.2 Å². The Bertz CT molecular complexity index is 367. The maximum absolute atomic E-state index is 5.70. The lowest BCUT2D eigenvalue weighted by Gasteiger charge is -2.16. The zero-order valence-electron chi connectivity index (χ0n) is 11.0. The normalized spacial score (nSPS) is 10.1. The molecule has 3 heteroatoms. The first kappa shape index (κ1) is 14.3. The Morgan fingerprint density at radius 3 is 2.44 bits per heavy atom. The first-order valence-corrected chi connectivity index (χ1v) is 6.12. The average Bonchev–Trinajstić information content (AvgIpc) is 2.39. The fraction of sp³-hybridized carbons (Fsp3) is 0.333. The third-order valence-corrected chi connectivity index (χ3v) is 2.63. The summed E-state index contributed by atoms with van der Waals surface area (Å²) in [5.74, 6) is 1.65. The molecule has 0 amide bonds. The number of hydrogen-bond acceptors (Lipinski definition) is 2. The molecular weight excluding hydrogens is 226 g/mol. The number of ether oxygens (including phenoxy) is 2. The predicted molar refractivity (Wildman–Crippen MR) is 74.4 cm³/mol. The third kappa shape index (κ3) is 5.06. The zero-order chi connectivity index (χ0) is 13.2. The van der Waals surface area contributed by atoms with E-state index >= 15 is 0 Å². The highest BCUT2D eigenvalue weighted by molar-refractivity contribution is 5.32. The molecule has 0 aromatic heterocycles. The standard InChI is InChI=1S/C15H21NO2/c1-4-9-16(10-5-2)11-12-18-15-8-6-7-14(13-15)17-3/h4-8,13H,1-2,9-12H2,3H3/p+1. The lowest BCUT2D eigenvalue weighted by atomic mass is 10.3. The van der Waals surface area contributed by atoms with E-state index in [1.807, 2.05) is 36.4 Å². The van der Waals surface area contributed by atoms with E-state index in [0.29, 0.717) is 6.61 Å². The lowest BCUT2D eigenvalue weighted by molar-refractivity contribution is -0.888. The van der Waals surface area contributed by atoms with Crippen LogP contribution in [-0.2, 0) is 0 Å². The van der Waals surface area contributed by atoms with Crippen LogP contribution in [0.15, 0.2) is 49.6 Å². The summed E-state index contributed by atoms with van der Waals surface area (Å²) in [5.41, 5.74) is 0. The van der Waals surface area contributed by atoms with Crippen LogP contribution in [0.4, 0.5) is 0 Å². The van der Waals surface area contributed by atoms with Crippen molar-refractivity contribution in [3.63, 3.8) is 0 Å². The van der Waals surface area contributed by atoms with Gasteiger partial charge in [0, 0.05) is 6.07 Å². The van der Waals surface area contributed by atoms with Crippen molar-refractivity contribution in [3.05, 3.63) is 49.6 Å². The van der Waals surface area contributed by atoms with Gasteiger partial charge in [-0.15, -0.1) is 0 Å². The molecule has 0 bridgehead atoms. The molecule has 0 saturated heterocycles. The molecule has 1 aromatic rings. The smallest absolute Gasteiger partial charge is 0.137 e. The lowest BCUT2D eigenvalue weighted by Crippen LogP contribution is -3.12. The van der Waals surface area contributed by atoms with Crippen molar-refractivity contribution in [2.24, 2.45) is 0 Å². The minimum absolute atomic E-state index is 0.671. The number of nitrogens with one attached hydrogen (secondary N) is 1. The first-order valence-electron chi connectivity index (χ1n) is 6.12. The Labute approximate surface area is 109 Å². The Balaban J connectivity index is 2.38. The molecule has 0 radical (unpaired) electrons. The van der Waals surface area contributed by atoms with Crippen LogP contribution in [0.1, 0.15) is 0 Å². The van der Waals surface area contributed by atoms with E-state index in [4.69, 9.17) is 9.47 Å². The van der Waals surface area contributed by atoms with Crippen LogP contribution in [-0.4, -0.2) is 33.4 Å². The molecular formula is C15H22NO2+. The van der Waals surface area contributed by atoms with Gasteiger partial charge in [-0.1, -0.05) is 19.2 Å². The zero-order valence-corrected chi connectivity index (χ0v) is 11.0. The van der Waals surface area contributed by atoms with Gasteiger partial charge in [0.1, 0.15) is 24.7 Å². The average molecular weight is 248 g/mol. The van der Waals surface area contributed by atoms with E-state index in [1.165, 1.54) is 4.90 Å². The molecule has 0 heterocycles. The van der Waals surface area contributed by atoms with Crippen molar-refractivity contribution in [3.8, 4) is 11.5 Å². The molecule has 0 saturated carbocycles. The van der Waals surface area contributed by atoms with Crippen LogP contribution in [0.3, 0.4) is 0 Å². The molecule has 1 rings (SSSR count). The number of methoxy groups -OCH3 is 1. The fourth-order valence-corrected chi connectivity index (χ4v) is 1.70. The quantitative estimate of drug-likeness (QED) is 0.666. The fourth-order valence-electron chi connectivity index (χ4n) is 1.70. The monoisotopic (exact) mass is 248 g/mol. The van der Waals surface area contributed by atoms with Crippen LogP contribution < -0.4 is 14.4 Å². The molecule has 0 unspecified atom stereocenters. The van der Waals surface area contributed by atoms with Crippen LogP contribution >= 0.6 is 0 Å². The van der Waals surface area contributed by atoms with Gasteiger partial charge in [0.25, 0.3) is 0 Å². The highest BCUT2D eigenvalue weighted by Gasteiger charge is 2.04. The van der Waals surface area contributed by atoms with Gasteiger partial charge in [0.2, 0.25) is 0 Å². The largest absolute Gasteiger partial charge is 0.497 e. The predicted octanol–water partition coefficient (Wildman–Crippen LogP) is 1.33. The van der Waals surface area contributed by atoms with Crippen LogP contribution in [0.2, 0.25) is 0 Å². The summed E-state index contributed by atoms with van der Waals surface area (Å²) in [5, 5.41) is 0. The summed E-state index contributed by atoms with van der Waals surface area (Å²) in [6, 6.07) is 7.65. The Morgan fingerprint density at radius 1 is 1.17 bits per heavy atom. The molecule has 0 spiro atoms. The van der Waals surface area contributed by atoms with Crippen LogP contribution in [0, 0.1) is 0 Å². The second-order valence-corrected chi connectivity index (χ2v) is 4.01. The second-order valence-electron chi connectivity index (χ2n) is 4.01. The second kappa shape index (κ2) is 8.37. The van der Waals surface area contributed by atoms with E-state index in [-0.39, 0.29) is 0 Å². The number of hydrogen-bond donors (Lipinski definition) is 1. The first-order chi connectivity index (χ1) is 8.80. The number of quaternary nitrogens is 1. The molecule has 98 valence electrons. The van der Waals surface area contributed by atoms with Gasteiger partial charge in [-0.25, -0.2) is 0 Å². The van der Waals surface area contributed by atoms with Crippen LogP contribution in [0.25, 0.3) is 0 Å². The summed E-state index contributed by atoms with van der Waals surface area (Å²) >= 11 is 0. The van der Waals surface area contributed by atoms with Crippen molar-refractivity contribution >= 4 is 0 Å². The van der Waals surface area contributed by atoms with Crippen molar-refractivity contribution in [1.29, 1.82) is 0 Å². The topological polar surface area (TPSA) is 22.9 Å². The Kier molecular flexibility index (Phi) is 6.66. The summed E-state index contributed by atoms with van der Waals surface area (Å²) in [4.78, 5) is 1.39. The minimum Gasteiger partial charge on any atom is -0.497 e. The summed E-state index contributed by atoms with van der Waals surface area (Å²) in [6.07, 6.45) is 3.84. The van der Waals surface area contributed by atoms with Gasteiger partial charge >= 0.3 is 0 Å². The Morgan fingerprint density at radius 2 is 1.83 bits per heavy atom. The third-order valence-electron chi connectivity index (χ3n) is 2.63. The molecule has 1 aromatic carbocycles. The van der Waals surface area contributed by atoms with Crippen molar-refractivity contribution in [2.75, 3.05) is 33.4 Å². The molecule has 3 nitrogen and oxygen atoms in total. The van der Waals surface area contributed by atoms with E-state index in [0.717, 1.165) is 31.1 Å². The van der Waals surface area contributed by atoms with E-state index in [1.54, 1.807) is 7.11 Å². The summed E-state index contributed by atoms with van der Waals surface area (Å²) < 4.78 is 10.8. The van der Waals surface area contributed by atoms with Crippen molar-refractivity contribution in [1.82, 2.24) is 0 Å². The molecule has 0 fully saturated rings. The highest BCUT2D eigenvalue weighted by Crippen LogP contribution is 2.18. The minimum atomic E-state index is 0.671. The van der Waals surface area contributed by atoms with Crippen LogP contribution in [0.5, 0.6) is 11.5 Å². The molecule has 0 aliphatic heterocycles. The van der Waals surface area contributed by atoms with E-state index in [2.05, 4.69) is 13.2 Å². The maximum atomic E-state index is 5.70. The summed E-state index contributed by atoms with van der Waals surface area (Å²) in [6.45, 7) is 11.0. The van der Waals surface area contributed by atoms with Gasteiger partial charge < -0.3 is 14.4 Å². The van der Waals surface area contributed by atoms with E-state index < -0.39 is 0 Å². The van der Waals surface area contributed by atoms with Crippen molar-refractivity contribution < 1.29 is 14.4 Å². The molecule has 18 heavy (non-hydrogen) atoms. The number of rotatable bonds is 9. The molecule has 0 atom stereocenters. The number of benzene rings is 1.